The summed E-state index contributed by atoms with van der Waals surface area (Å²) in [4.78, 5) is 11.4. The number of amides is 1. The van der Waals surface area contributed by atoms with Crippen LogP contribution in [-0.2, 0) is 4.79 Å². The van der Waals surface area contributed by atoms with Gasteiger partial charge in [-0.1, -0.05) is 51.2 Å². The Hall–Kier alpha value is -0.480. The molecule has 1 N–H and O–H groups in total. The third kappa shape index (κ3) is 8.51. The van der Waals surface area contributed by atoms with Crippen molar-refractivity contribution in [1.82, 2.24) is 4.31 Å². The number of carbonyl (C=O) groups is 1. The van der Waals surface area contributed by atoms with Crippen molar-refractivity contribution in [2.75, 3.05) is 13.2 Å². The molecule has 3 nitrogen and oxygen atoms in total. The van der Waals surface area contributed by atoms with Gasteiger partial charge in [-0.15, -0.1) is 0 Å². The van der Waals surface area contributed by atoms with Gasteiger partial charge in [-0.05, 0) is 6.42 Å². The highest BCUT2D eigenvalue weighted by Crippen LogP contribution is 2.05. The molecule has 0 aromatic carbocycles. The summed E-state index contributed by atoms with van der Waals surface area (Å²) >= 11 is 4.12. The third-order valence-electron chi connectivity index (χ3n) is 2.08. The van der Waals surface area contributed by atoms with E-state index in [1.54, 1.807) is 12.2 Å². The molecule has 0 saturated heterocycles. The molecule has 0 bridgehead atoms. The second-order valence-corrected chi connectivity index (χ2v) is 3.92. The quantitative estimate of drug-likeness (QED) is 0.382. The van der Waals surface area contributed by atoms with Crippen LogP contribution >= 0.6 is 12.8 Å². The highest BCUT2D eigenvalue weighted by atomic mass is 32.1. The molecule has 4 heteroatoms. The van der Waals surface area contributed by atoms with E-state index in [1.807, 2.05) is 0 Å². The standard InChI is InChI=1S/C11H21NO2S/c1-2-3-4-6-9-12(15)11(14)8-5-7-10-13/h5,7,13,15H,2-4,6,8-10H2,1H3/b7-5-. The Kier molecular flexibility index (Phi) is 9.73. The largest absolute Gasteiger partial charge is 0.392 e. The maximum atomic E-state index is 11.4. The number of thiol groups is 1. The molecule has 0 aliphatic heterocycles. The maximum absolute atomic E-state index is 11.4. The Bertz CT molecular complexity index is 195. The normalized spacial score (nSPS) is 10.9. The zero-order chi connectivity index (χ0) is 11.5. The van der Waals surface area contributed by atoms with Gasteiger partial charge < -0.3 is 5.11 Å². The number of hydrogen-bond acceptors (Lipinski definition) is 3. The van der Waals surface area contributed by atoms with Crippen molar-refractivity contribution in [3.63, 3.8) is 0 Å². The van der Waals surface area contributed by atoms with Gasteiger partial charge in [0, 0.05) is 13.0 Å². The van der Waals surface area contributed by atoms with Gasteiger partial charge in [0.05, 0.1) is 6.61 Å². The first-order chi connectivity index (χ1) is 7.22. The summed E-state index contributed by atoms with van der Waals surface area (Å²) in [5.41, 5.74) is 0. The van der Waals surface area contributed by atoms with E-state index in [-0.39, 0.29) is 12.5 Å². The lowest BCUT2D eigenvalue weighted by molar-refractivity contribution is -0.125. The fourth-order valence-corrected chi connectivity index (χ4v) is 1.40. The van der Waals surface area contributed by atoms with Crippen LogP contribution in [0.1, 0.15) is 39.0 Å². The predicted octanol–water partition coefficient (Wildman–Crippen LogP) is 2.18. The van der Waals surface area contributed by atoms with Gasteiger partial charge in [0.1, 0.15) is 0 Å². The van der Waals surface area contributed by atoms with Gasteiger partial charge >= 0.3 is 0 Å². The molecule has 0 atom stereocenters. The molecule has 0 saturated carbocycles. The van der Waals surface area contributed by atoms with Gasteiger partial charge in [-0.25, -0.2) is 0 Å². The van der Waals surface area contributed by atoms with Crippen LogP contribution in [0.4, 0.5) is 0 Å². The Morgan fingerprint density at radius 1 is 1.33 bits per heavy atom. The van der Waals surface area contributed by atoms with Gasteiger partial charge in [0.15, 0.2) is 0 Å². The Balaban J connectivity index is 3.55. The molecule has 15 heavy (non-hydrogen) atoms. The van der Waals surface area contributed by atoms with Crippen molar-refractivity contribution in [3.8, 4) is 0 Å². The van der Waals surface area contributed by atoms with E-state index in [0.717, 1.165) is 12.8 Å². The topological polar surface area (TPSA) is 40.5 Å². The highest BCUT2D eigenvalue weighted by Gasteiger charge is 2.06. The average molecular weight is 231 g/mol. The highest BCUT2D eigenvalue weighted by molar-refractivity contribution is 7.78. The van der Waals surface area contributed by atoms with Crippen molar-refractivity contribution < 1.29 is 9.90 Å². The molecule has 1 amide bonds. The van der Waals surface area contributed by atoms with Crippen molar-refractivity contribution in [2.45, 2.75) is 39.0 Å². The maximum Gasteiger partial charge on any atom is 0.236 e. The zero-order valence-corrected chi connectivity index (χ0v) is 10.2. The smallest absolute Gasteiger partial charge is 0.236 e. The van der Waals surface area contributed by atoms with E-state index >= 15 is 0 Å². The monoisotopic (exact) mass is 231 g/mol. The number of rotatable bonds is 8. The van der Waals surface area contributed by atoms with Crippen LogP contribution in [0.2, 0.25) is 0 Å². The number of nitrogens with zero attached hydrogens (tertiary/aromatic N) is 1. The second-order valence-electron chi connectivity index (χ2n) is 3.44. The lowest BCUT2D eigenvalue weighted by Crippen LogP contribution is -2.21. The summed E-state index contributed by atoms with van der Waals surface area (Å²) < 4.78 is 1.46. The fraction of sp³-hybridized carbons (Fsp3) is 0.727. The van der Waals surface area contributed by atoms with Crippen LogP contribution in [-0.4, -0.2) is 28.5 Å². The predicted molar refractivity (Wildman–Crippen MR) is 65.7 cm³/mol. The SMILES string of the molecule is CCCCCCN(S)C(=O)C/C=C\CO. The summed E-state index contributed by atoms with van der Waals surface area (Å²) in [6, 6.07) is 0. The van der Waals surface area contributed by atoms with Crippen LogP contribution < -0.4 is 0 Å². The van der Waals surface area contributed by atoms with E-state index < -0.39 is 0 Å². The Labute approximate surface area is 97.7 Å². The summed E-state index contributed by atoms with van der Waals surface area (Å²) in [6.07, 6.45) is 8.10. The van der Waals surface area contributed by atoms with Crippen LogP contribution in [0.3, 0.4) is 0 Å². The minimum atomic E-state index is -0.0175. The van der Waals surface area contributed by atoms with E-state index in [9.17, 15) is 4.79 Å². The minimum absolute atomic E-state index is 0.0143. The molecule has 0 aromatic heterocycles. The van der Waals surface area contributed by atoms with Crippen molar-refractivity contribution in [1.29, 1.82) is 0 Å². The first-order valence-electron chi connectivity index (χ1n) is 5.47. The zero-order valence-electron chi connectivity index (χ0n) is 9.35. The number of aliphatic hydroxyl groups is 1. The van der Waals surface area contributed by atoms with E-state index in [4.69, 9.17) is 5.11 Å². The van der Waals surface area contributed by atoms with Gasteiger partial charge in [-0.2, -0.15) is 0 Å². The summed E-state index contributed by atoms with van der Waals surface area (Å²) in [7, 11) is 0. The Morgan fingerprint density at radius 3 is 2.67 bits per heavy atom. The van der Waals surface area contributed by atoms with E-state index in [0.29, 0.717) is 13.0 Å². The van der Waals surface area contributed by atoms with Crippen molar-refractivity contribution in [3.05, 3.63) is 12.2 Å². The van der Waals surface area contributed by atoms with Gasteiger partial charge in [0.2, 0.25) is 5.91 Å². The number of unbranched alkanes of at least 4 members (excludes halogenated alkanes) is 3. The molecular formula is C11H21NO2S. The van der Waals surface area contributed by atoms with Crippen LogP contribution in [0.5, 0.6) is 0 Å². The summed E-state index contributed by atoms with van der Waals surface area (Å²) in [5, 5.41) is 8.49. The lowest BCUT2D eigenvalue weighted by atomic mass is 10.2. The molecule has 0 spiro atoms. The molecule has 0 rings (SSSR count). The summed E-state index contributed by atoms with van der Waals surface area (Å²) in [5.74, 6) is -0.0143. The average Bonchev–Trinajstić information content (AvgIpc) is 2.24. The molecular weight excluding hydrogens is 210 g/mol. The number of carbonyl (C=O) groups excluding carboxylic acids is 1. The van der Waals surface area contributed by atoms with Gasteiger partial charge in [-0.3, -0.25) is 9.10 Å². The number of hydrogen-bond donors (Lipinski definition) is 2. The molecule has 88 valence electrons. The van der Waals surface area contributed by atoms with Crippen LogP contribution in [0.15, 0.2) is 12.2 Å². The van der Waals surface area contributed by atoms with Gasteiger partial charge in [0.25, 0.3) is 0 Å². The molecule has 0 radical (unpaired) electrons. The van der Waals surface area contributed by atoms with Crippen LogP contribution in [0, 0.1) is 0 Å². The molecule has 0 fully saturated rings. The lowest BCUT2D eigenvalue weighted by Gasteiger charge is -2.14. The first kappa shape index (κ1) is 14.5. The van der Waals surface area contributed by atoms with Crippen molar-refractivity contribution in [2.24, 2.45) is 0 Å². The molecule has 0 heterocycles. The molecule has 0 unspecified atom stereocenters. The Morgan fingerprint density at radius 2 is 2.07 bits per heavy atom. The second kappa shape index (κ2) is 10.1. The van der Waals surface area contributed by atoms with Crippen LogP contribution in [0.25, 0.3) is 0 Å². The number of aliphatic hydroxyl groups excluding tert-OH is 1. The molecule has 0 aliphatic carbocycles. The first-order valence-corrected chi connectivity index (χ1v) is 5.87. The fourth-order valence-electron chi connectivity index (χ4n) is 1.18. The van der Waals surface area contributed by atoms with Crippen molar-refractivity contribution >= 4 is 18.7 Å². The molecule has 0 aliphatic rings. The molecule has 0 aromatic rings. The van der Waals surface area contributed by atoms with E-state index in [2.05, 4.69) is 19.7 Å². The summed E-state index contributed by atoms with van der Waals surface area (Å²) in [6.45, 7) is 2.84. The third-order valence-corrected chi connectivity index (χ3v) is 2.50. The minimum Gasteiger partial charge on any atom is -0.392 e. The van der Waals surface area contributed by atoms with E-state index in [1.165, 1.54) is 17.1 Å².